The zero-order valence-electron chi connectivity index (χ0n) is 10.6. The minimum Gasteiger partial charge on any atom is -0.493 e. The number of hydrogen-bond donors (Lipinski definition) is 0. The molecule has 1 aromatic carbocycles. The Labute approximate surface area is 110 Å². The van der Waals surface area contributed by atoms with Crippen molar-refractivity contribution in [1.82, 2.24) is 0 Å². The molecule has 100 valence electrons. The number of nitriles is 1. The number of ketones is 1. The Hall–Kier alpha value is -2.55. The van der Waals surface area contributed by atoms with Crippen molar-refractivity contribution in [3.8, 4) is 17.6 Å². The summed E-state index contributed by atoms with van der Waals surface area (Å²) in [6.07, 6.45) is 0. The fraction of sp³-hybridized carbons (Fsp3) is 0.308. The standard InChI is InChI=1S/C13H13NO5/c1-9(15)10-3-4-11(12(7-10)17-2)19-8-13(16)18-6-5-14/h3-4,7H,6,8H2,1-2H3. The Kier molecular flexibility index (Phi) is 5.35. The van der Waals surface area contributed by atoms with Gasteiger partial charge in [0.1, 0.15) is 6.07 Å². The van der Waals surface area contributed by atoms with Crippen LogP contribution in [0.3, 0.4) is 0 Å². The molecule has 19 heavy (non-hydrogen) atoms. The van der Waals surface area contributed by atoms with Gasteiger partial charge in [0.15, 0.2) is 30.5 Å². The fourth-order valence-corrected chi connectivity index (χ4v) is 1.30. The SMILES string of the molecule is COc1cc(C(C)=O)ccc1OCC(=O)OCC#N. The van der Waals surface area contributed by atoms with Crippen molar-refractivity contribution in [2.45, 2.75) is 6.92 Å². The van der Waals surface area contributed by atoms with Gasteiger partial charge >= 0.3 is 5.97 Å². The predicted molar refractivity (Wildman–Crippen MR) is 65.1 cm³/mol. The van der Waals surface area contributed by atoms with Crippen LogP contribution < -0.4 is 9.47 Å². The molecule has 1 rings (SSSR count). The largest absolute Gasteiger partial charge is 0.493 e. The van der Waals surface area contributed by atoms with E-state index in [0.717, 1.165) is 0 Å². The van der Waals surface area contributed by atoms with Gasteiger partial charge in [-0.3, -0.25) is 4.79 Å². The van der Waals surface area contributed by atoms with Gasteiger partial charge in [0.05, 0.1) is 7.11 Å². The van der Waals surface area contributed by atoms with Crippen LogP contribution in [0.2, 0.25) is 0 Å². The molecule has 0 unspecified atom stereocenters. The summed E-state index contributed by atoms with van der Waals surface area (Å²) >= 11 is 0. The highest BCUT2D eigenvalue weighted by Crippen LogP contribution is 2.28. The van der Waals surface area contributed by atoms with Crippen LogP contribution in [-0.2, 0) is 9.53 Å². The quantitative estimate of drug-likeness (QED) is 0.568. The summed E-state index contributed by atoms with van der Waals surface area (Å²) in [7, 11) is 1.43. The summed E-state index contributed by atoms with van der Waals surface area (Å²) in [5.74, 6) is -0.0836. The van der Waals surface area contributed by atoms with Gasteiger partial charge in [-0.25, -0.2) is 4.79 Å². The number of carbonyl (C=O) groups is 2. The number of Topliss-reactive ketones (excluding diaryl/α,β-unsaturated/α-hetero) is 1. The van der Waals surface area contributed by atoms with Gasteiger partial charge in [-0.1, -0.05) is 0 Å². The zero-order chi connectivity index (χ0) is 14.3. The minimum absolute atomic E-state index is 0.0988. The molecule has 0 saturated carbocycles. The molecule has 6 nitrogen and oxygen atoms in total. The van der Waals surface area contributed by atoms with Crippen LogP contribution >= 0.6 is 0 Å². The monoisotopic (exact) mass is 263 g/mol. The van der Waals surface area contributed by atoms with Gasteiger partial charge in [-0.15, -0.1) is 0 Å². The molecule has 0 aliphatic rings. The first kappa shape index (κ1) is 14.5. The number of hydrogen-bond acceptors (Lipinski definition) is 6. The van der Waals surface area contributed by atoms with Gasteiger partial charge in [0.2, 0.25) is 0 Å². The van der Waals surface area contributed by atoms with Gasteiger partial charge in [-0.2, -0.15) is 5.26 Å². The topological polar surface area (TPSA) is 85.6 Å². The maximum Gasteiger partial charge on any atom is 0.345 e. The van der Waals surface area contributed by atoms with Crippen molar-refractivity contribution in [3.05, 3.63) is 23.8 Å². The van der Waals surface area contributed by atoms with E-state index in [1.807, 2.05) is 0 Å². The number of esters is 1. The molecule has 0 aliphatic heterocycles. The van der Waals surface area contributed by atoms with Crippen molar-refractivity contribution >= 4 is 11.8 Å². The van der Waals surface area contributed by atoms with Gasteiger partial charge < -0.3 is 14.2 Å². The normalized spacial score (nSPS) is 9.32. The number of benzene rings is 1. The molecule has 0 fully saturated rings. The second-order valence-electron chi connectivity index (χ2n) is 3.53. The van der Waals surface area contributed by atoms with Gasteiger partial charge in [-0.05, 0) is 25.1 Å². The average molecular weight is 263 g/mol. The first-order chi connectivity index (χ1) is 9.08. The lowest BCUT2D eigenvalue weighted by Crippen LogP contribution is -2.15. The highest BCUT2D eigenvalue weighted by Gasteiger charge is 2.10. The highest BCUT2D eigenvalue weighted by atomic mass is 16.6. The Bertz CT molecular complexity index is 518. The molecule has 0 aliphatic carbocycles. The van der Waals surface area contributed by atoms with Crippen molar-refractivity contribution in [1.29, 1.82) is 5.26 Å². The molecule has 6 heteroatoms. The van der Waals surface area contributed by atoms with Crippen molar-refractivity contribution in [3.63, 3.8) is 0 Å². The molecule has 0 bridgehead atoms. The molecule has 0 aromatic heterocycles. The number of carbonyl (C=O) groups excluding carboxylic acids is 2. The Morgan fingerprint density at radius 3 is 2.63 bits per heavy atom. The summed E-state index contributed by atoms with van der Waals surface area (Å²) in [6, 6.07) is 6.31. The average Bonchev–Trinajstić information content (AvgIpc) is 2.42. The van der Waals surface area contributed by atoms with Crippen LogP contribution in [0.5, 0.6) is 11.5 Å². The molecule has 0 amide bonds. The summed E-state index contributed by atoms with van der Waals surface area (Å²) < 4.78 is 14.8. The van der Waals surface area contributed by atoms with Gasteiger partial charge in [0, 0.05) is 5.56 Å². The summed E-state index contributed by atoms with van der Waals surface area (Å²) in [5.41, 5.74) is 0.483. The molecule has 0 heterocycles. The Morgan fingerprint density at radius 1 is 1.32 bits per heavy atom. The van der Waals surface area contributed by atoms with Crippen LogP contribution in [0.25, 0.3) is 0 Å². The number of nitrogens with zero attached hydrogens (tertiary/aromatic N) is 1. The fourth-order valence-electron chi connectivity index (χ4n) is 1.30. The van der Waals surface area contributed by atoms with E-state index >= 15 is 0 Å². The van der Waals surface area contributed by atoms with Crippen LogP contribution in [-0.4, -0.2) is 32.1 Å². The molecule has 0 spiro atoms. The van der Waals surface area contributed by atoms with Crippen molar-refractivity contribution in [2.75, 3.05) is 20.3 Å². The Morgan fingerprint density at radius 2 is 2.05 bits per heavy atom. The smallest absolute Gasteiger partial charge is 0.345 e. The maximum absolute atomic E-state index is 11.2. The first-order valence-corrected chi connectivity index (χ1v) is 5.42. The van der Waals surface area contributed by atoms with Crippen LogP contribution in [0.1, 0.15) is 17.3 Å². The number of rotatable bonds is 6. The van der Waals surface area contributed by atoms with Gasteiger partial charge in [0.25, 0.3) is 0 Å². The predicted octanol–water partition coefficient (Wildman–Crippen LogP) is 1.34. The van der Waals surface area contributed by atoms with Crippen molar-refractivity contribution < 1.29 is 23.8 Å². The summed E-state index contributed by atoms with van der Waals surface area (Å²) in [5, 5.41) is 8.25. The third-order valence-corrected chi connectivity index (χ3v) is 2.21. The van der Waals surface area contributed by atoms with E-state index in [2.05, 4.69) is 4.74 Å². The third kappa shape index (κ3) is 4.32. The molecule has 0 radical (unpaired) electrons. The summed E-state index contributed by atoms with van der Waals surface area (Å²) in [4.78, 5) is 22.4. The van der Waals surface area contributed by atoms with E-state index in [-0.39, 0.29) is 19.0 Å². The van der Waals surface area contributed by atoms with E-state index in [0.29, 0.717) is 17.1 Å². The van der Waals surface area contributed by atoms with Crippen LogP contribution in [0, 0.1) is 11.3 Å². The third-order valence-electron chi connectivity index (χ3n) is 2.21. The second-order valence-corrected chi connectivity index (χ2v) is 3.53. The lowest BCUT2D eigenvalue weighted by atomic mass is 10.1. The van der Waals surface area contributed by atoms with E-state index in [1.54, 1.807) is 12.1 Å². The van der Waals surface area contributed by atoms with E-state index in [9.17, 15) is 9.59 Å². The molecular formula is C13H13NO5. The molecule has 0 N–H and O–H groups in total. The molecule has 0 saturated heterocycles. The lowest BCUT2D eigenvalue weighted by molar-refractivity contribution is -0.144. The minimum atomic E-state index is -0.653. The van der Waals surface area contributed by atoms with Crippen LogP contribution in [0.15, 0.2) is 18.2 Å². The van der Waals surface area contributed by atoms with Crippen LogP contribution in [0.4, 0.5) is 0 Å². The van der Waals surface area contributed by atoms with E-state index in [4.69, 9.17) is 14.7 Å². The number of ether oxygens (including phenoxy) is 3. The lowest BCUT2D eigenvalue weighted by Gasteiger charge is -2.10. The summed E-state index contributed by atoms with van der Waals surface area (Å²) in [6.45, 7) is 0.786. The van der Waals surface area contributed by atoms with E-state index in [1.165, 1.54) is 26.2 Å². The van der Waals surface area contributed by atoms with Crippen molar-refractivity contribution in [2.24, 2.45) is 0 Å². The highest BCUT2D eigenvalue weighted by molar-refractivity contribution is 5.94. The zero-order valence-corrected chi connectivity index (χ0v) is 10.6. The second kappa shape index (κ2) is 7.01. The maximum atomic E-state index is 11.2. The van der Waals surface area contributed by atoms with E-state index < -0.39 is 5.97 Å². The molecule has 1 aromatic rings. The first-order valence-electron chi connectivity index (χ1n) is 5.42. The number of methoxy groups -OCH3 is 1. The Balaban J connectivity index is 2.71. The molecular weight excluding hydrogens is 250 g/mol. The molecule has 0 atom stereocenters.